The van der Waals surface area contributed by atoms with E-state index in [0.29, 0.717) is 22.5 Å². The van der Waals surface area contributed by atoms with Crippen LogP contribution in [0.4, 0.5) is 5.82 Å². The van der Waals surface area contributed by atoms with E-state index in [2.05, 4.69) is 15.5 Å². The molecule has 0 unspecified atom stereocenters. The number of rotatable bonds is 6. The number of hydrogen-bond acceptors (Lipinski definition) is 6. The van der Waals surface area contributed by atoms with E-state index in [1.807, 2.05) is 32.9 Å². The highest BCUT2D eigenvalue weighted by molar-refractivity contribution is 6.00. The van der Waals surface area contributed by atoms with Crippen LogP contribution in [0.15, 0.2) is 36.8 Å². The van der Waals surface area contributed by atoms with Crippen molar-refractivity contribution in [3.05, 3.63) is 59.0 Å². The molecular formula is C20H23N5O3. The van der Waals surface area contributed by atoms with Crippen LogP contribution < -0.4 is 5.43 Å². The molecule has 0 saturated carbocycles. The van der Waals surface area contributed by atoms with Crippen molar-refractivity contribution in [1.82, 2.24) is 19.8 Å². The van der Waals surface area contributed by atoms with Crippen LogP contribution in [0.1, 0.15) is 58.5 Å². The van der Waals surface area contributed by atoms with E-state index in [4.69, 9.17) is 4.84 Å². The van der Waals surface area contributed by atoms with Gasteiger partial charge in [0.15, 0.2) is 11.6 Å². The molecule has 1 N–H and O–H groups in total. The SMILES string of the molecule is CON(Nc1ncnn2cc(C(C)=O)c(C(C)C)c12)C(=O)c1ccccc1C. The van der Waals surface area contributed by atoms with E-state index in [1.54, 1.807) is 22.8 Å². The summed E-state index contributed by atoms with van der Waals surface area (Å²) in [5.41, 5.74) is 6.27. The van der Waals surface area contributed by atoms with Crippen LogP contribution in [-0.2, 0) is 4.84 Å². The van der Waals surface area contributed by atoms with Gasteiger partial charge in [-0.3, -0.25) is 19.9 Å². The van der Waals surface area contributed by atoms with Crippen molar-refractivity contribution in [2.24, 2.45) is 0 Å². The van der Waals surface area contributed by atoms with Gasteiger partial charge in [0, 0.05) is 17.3 Å². The Labute approximate surface area is 163 Å². The zero-order chi connectivity index (χ0) is 20.4. The molecule has 8 heteroatoms. The first kappa shape index (κ1) is 19.5. The lowest BCUT2D eigenvalue weighted by atomic mass is 9.98. The molecule has 1 aromatic carbocycles. The summed E-state index contributed by atoms with van der Waals surface area (Å²) >= 11 is 0. The van der Waals surface area contributed by atoms with Gasteiger partial charge in [-0.15, -0.1) is 5.17 Å². The van der Waals surface area contributed by atoms with E-state index < -0.39 is 0 Å². The number of hydrogen-bond donors (Lipinski definition) is 1. The predicted octanol–water partition coefficient (Wildman–Crippen LogP) is 3.39. The van der Waals surface area contributed by atoms with E-state index >= 15 is 0 Å². The van der Waals surface area contributed by atoms with Gasteiger partial charge in [0.25, 0.3) is 5.91 Å². The lowest BCUT2D eigenvalue weighted by Crippen LogP contribution is -2.36. The molecule has 146 valence electrons. The first-order valence-electron chi connectivity index (χ1n) is 8.93. The average molecular weight is 381 g/mol. The highest BCUT2D eigenvalue weighted by Crippen LogP contribution is 2.30. The van der Waals surface area contributed by atoms with E-state index in [1.165, 1.54) is 20.4 Å². The fourth-order valence-corrected chi connectivity index (χ4v) is 3.18. The number of aromatic nitrogens is 3. The van der Waals surface area contributed by atoms with Crippen LogP contribution in [0, 0.1) is 6.92 Å². The first-order valence-corrected chi connectivity index (χ1v) is 8.93. The maximum atomic E-state index is 12.9. The minimum Gasteiger partial charge on any atom is -0.294 e. The number of hydroxylamine groups is 1. The normalized spacial score (nSPS) is 11.1. The van der Waals surface area contributed by atoms with Gasteiger partial charge in [0.05, 0.1) is 7.11 Å². The lowest BCUT2D eigenvalue weighted by Gasteiger charge is -2.22. The summed E-state index contributed by atoms with van der Waals surface area (Å²) in [7, 11) is 1.39. The second-order valence-electron chi connectivity index (χ2n) is 6.78. The third-order valence-electron chi connectivity index (χ3n) is 4.52. The van der Waals surface area contributed by atoms with Gasteiger partial charge in [-0.2, -0.15) is 5.10 Å². The molecule has 0 aliphatic carbocycles. The molecule has 1 amide bonds. The van der Waals surface area contributed by atoms with Gasteiger partial charge in [-0.25, -0.2) is 9.50 Å². The van der Waals surface area contributed by atoms with Crippen LogP contribution in [0.25, 0.3) is 5.52 Å². The number of ketones is 1. The Kier molecular flexibility index (Phi) is 5.41. The maximum Gasteiger partial charge on any atom is 0.297 e. The molecular weight excluding hydrogens is 358 g/mol. The van der Waals surface area contributed by atoms with Crippen molar-refractivity contribution < 1.29 is 14.4 Å². The first-order chi connectivity index (χ1) is 13.3. The summed E-state index contributed by atoms with van der Waals surface area (Å²) in [6.45, 7) is 7.35. The van der Waals surface area contributed by atoms with E-state index in [-0.39, 0.29) is 17.6 Å². The Morgan fingerprint density at radius 3 is 2.54 bits per heavy atom. The Hall–Kier alpha value is -3.26. The Bertz CT molecular complexity index is 1040. The molecule has 0 bridgehead atoms. The minimum atomic E-state index is -0.359. The van der Waals surface area contributed by atoms with Crippen molar-refractivity contribution in [1.29, 1.82) is 0 Å². The van der Waals surface area contributed by atoms with Crippen molar-refractivity contribution in [2.75, 3.05) is 12.5 Å². The molecule has 0 aliphatic rings. The predicted molar refractivity (Wildman–Crippen MR) is 105 cm³/mol. The third-order valence-corrected chi connectivity index (χ3v) is 4.52. The molecule has 0 spiro atoms. The molecule has 3 aromatic rings. The zero-order valence-electron chi connectivity index (χ0n) is 16.6. The van der Waals surface area contributed by atoms with Gasteiger partial charge in [-0.05, 0) is 37.0 Å². The number of nitrogens with zero attached hydrogens (tertiary/aromatic N) is 4. The number of carbonyl (C=O) groups is 2. The Morgan fingerprint density at radius 1 is 1.21 bits per heavy atom. The summed E-state index contributed by atoms with van der Waals surface area (Å²) < 4.78 is 1.59. The second-order valence-corrected chi connectivity index (χ2v) is 6.78. The monoisotopic (exact) mass is 381 g/mol. The molecule has 2 heterocycles. The molecule has 0 saturated heterocycles. The molecule has 0 radical (unpaired) electrons. The molecule has 0 aliphatic heterocycles. The van der Waals surface area contributed by atoms with Crippen molar-refractivity contribution in [3.63, 3.8) is 0 Å². The molecule has 0 atom stereocenters. The average Bonchev–Trinajstić information content (AvgIpc) is 3.07. The largest absolute Gasteiger partial charge is 0.297 e. The molecule has 3 rings (SSSR count). The molecule has 2 aromatic heterocycles. The molecule has 28 heavy (non-hydrogen) atoms. The standard InChI is InChI=1S/C20H23N5O3/c1-12(2)17-16(14(4)26)10-24-18(17)19(21-11-22-24)23-25(28-5)20(27)15-9-7-6-8-13(15)3/h6-12H,1-5H3,(H,21,22,23). The Morgan fingerprint density at radius 2 is 1.93 bits per heavy atom. The van der Waals surface area contributed by atoms with Crippen LogP contribution in [0.5, 0.6) is 0 Å². The van der Waals surface area contributed by atoms with Crippen LogP contribution in [-0.4, -0.2) is 38.6 Å². The number of nitrogens with one attached hydrogen (secondary N) is 1. The van der Waals surface area contributed by atoms with Gasteiger partial charge in [-0.1, -0.05) is 32.0 Å². The van der Waals surface area contributed by atoms with Crippen LogP contribution in [0.2, 0.25) is 0 Å². The smallest absolute Gasteiger partial charge is 0.294 e. The number of carbonyl (C=O) groups excluding carboxylic acids is 2. The van der Waals surface area contributed by atoms with Gasteiger partial charge in [0.2, 0.25) is 0 Å². The Balaban J connectivity index is 2.07. The number of fused-ring (bicyclic) bond motifs is 1. The summed E-state index contributed by atoms with van der Waals surface area (Å²) in [6, 6.07) is 7.24. The maximum absolute atomic E-state index is 12.9. The number of aryl methyl sites for hydroxylation is 1. The number of hydrazine groups is 1. The number of amides is 1. The fraction of sp³-hybridized carbons (Fsp3) is 0.300. The third kappa shape index (κ3) is 3.46. The van der Waals surface area contributed by atoms with Crippen molar-refractivity contribution >= 4 is 23.0 Å². The van der Waals surface area contributed by atoms with E-state index in [9.17, 15) is 9.59 Å². The summed E-state index contributed by atoms with van der Waals surface area (Å²) in [5.74, 6) is 0.00930. The molecule has 0 fully saturated rings. The zero-order valence-corrected chi connectivity index (χ0v) is 16.6. The summed E-state index contributed by atoms with van der Waals surface area (Å²) in [6.07, 6.45) is 3.04. The van der Waals surface area contributed by atoms with Crippen LogP contribution >= 0.6 is 0 Å². The van der Waals surface area contributed by atoms with Gasteiger partial charge >= 0.3 is 0 Å². The highest BCUT2D eigenvalue weighted by atomic mass is 16.7. The molecule has 8 nitrogen and oxygen atoms in total. The topological polar surface area (TPSA) is 88.8 Å². The summed E-state index contributed by atoms with van der Waals surface area (Å²) in [5, 5.41) is 5.23. The number of Topliss-reactive ketones (excluding diaryl/α,β-unsaturated/α-hetero) is 1. The lowest BCUT2D eigenvalue weighted by molar-refractivity contribution is -0.0766. The van der Waals surface area contributed by atoms with Gasteiger partial charge < -0.3 is 0 Å². The van der Waals surface area contributed by atoms with Crippen molar-refractivity contribution in [2.45, 2.75) is 33.6 Å². The summed E-state index contributed by atoms with van der Waals surface area (Å²) in [4.78, 5) is 34.5. The van der Waals surface area contributed by atoms with Crippen molar-refractivity contribution in [3.8, 4) is 0 Å². The number of anilines is 1. The van der Waals surface area contributed by atoms with Crippen LogP contribution in [0.3, 0.4) is 0 Å². The highest BCUT2D eigenvalue weighted by Gasteiger charge is 2.24. The minimum absolute atomic E-state index is 0.0542. The fourth-order valence-electron chi connectivity index (χ4n) is 3.18. The quantitative estimate of drug-likeness (QED) is 0.520. The number of benzene rings is 1. The second kappa shape index (κ2) is 7.77. The van der Waals surface area contributed by atoms with Gasteiger partial charge in [0.1, 0.15) is 11.8 Å². The van der Waals surface area contributed by atoms with E-state index in [0.717, 1.165) is 16.3 Å².